The predicted molar refractivity (Wildman–Crippen MR) is 84.0 cm³/mol. The van der Waals surface area contributed by atoms with Crippen molar-refractivity contribution in [3.8, 4) is 5.75 Å². The molecule has 4 heteroatoms. The average molecular weight is 287 g/mol. The highest BCUT2D eigenvalue weighted by molar-refractivity contribution is 6.06. The SMILES string of the molecule is C=CCOc1ccc2c(c1)c(C(=O)OCC)c(C)n2CC. The predicted octanol–water partition coefficient (Wildman–Crippen LogP) is 3.71. The molecule has 0 radical (unpaired) electrons. The molecule has 0 aliphatic heterocycles. The number of ether oxygens (including phenoxy) is 2. The van der Waals surface area contributed by atoms with Crippen molar-refractivity contribution in [1.82, 2.24) is 4.57 Å². The minimum Gasteiger partial charge on any atom is -0.490 e. The van der Waals surface area contributed by atoms with Gasteiger partial charge in [-0.3, -0.25) is 0 Å². The molecule has 0 aliphatic carbocycles. The summed E-state index contributed by atoms with van der Waals surface area (Å²) in [5.74, 6) is 0.439. The van der Waals surface area contributed by atoms with Gasteiger partial charge in [0.2, 0.25) is 0 Å². The number of benzene rings is 1. The Morgan fingerprint density at radius 2 is 2.14 bits per heavy atom. The molecule has 21 heavy (non-hydrogen) atoms. The van der Waals surface area contributed by atoms with Crippen LogP contribution >= 0.6 is 0 Å². The third-order valence-corrected chi connectivity index (χ3v) is 3.46. The summed E-state index contributed by atoms with van der Waals surface area (Å²) in [7, 11) is 0. The molecule has 0 saturated heterocycles. The van der Waals surface area contributed by atoms with Gasteiger partial charge in [-0.15, -0.1) is 0 Å². The molecule has 1 aromatic carbocycles. The smallest absolute Gasteiger partial charge is 0.340 e. The minimum absolute atomic E-state index is 0.284. The molecule has 0 spiro atoms. The molecule has 4 nitrogen and oxygen atoms in total. The van der Waals surface area contributed by atoms with Crippen molar-refractivity contribution < 1.29 is 14.3 Å². The van der Waals surface area contributed by atoms with Crippen LogP contribution in [-0.2, 0) is 11.3 Å². The van der Waals surface area contributed by atoms with E-state index in [0.717, 1.165) is 28.9 Å². The molecule has 2 rings (SSSR count). The van der Waals surface area contributed by atoms with Gasteiger partial charge < -0.3 is 14.0 Å². The molecule has 0 N–H and O–H groups in total. The molecule has 0 saturated carbocycles. The first-order valence-corrected chi connectivity index (χ1v) is 7.17. The summed E-state index contributed by atoms with van der Waals surface area (Å²) in [4.78, 5) is 12.2. The van der Waals surface area contributed by atoms with Gasteiger partial charge in [-0.2, -0.15) is 0 Å². The van der Waals surface area contributed by atoms with Crippen molar-refractivity contribution in [2.45, 2.75) is 27.3 Å². The van der Waals surface area contributed by atoms with E-state index in [2.05, 4.69) is 18.1 Å². The van der Waals surface area contributed by atoms with Crippen LogP contribution in [0.25, 0.3) is 10.9 Å². The van der Waals surface area contributed by atoms with Gasteiger partial charge in [-0.25, -0.2) is 4.79 Å². The van der Waals surface area contributed by atoms with E-state index in [9.17, 15) is 4.79 Å². The average Bonchev–Trinajstić information content (AvgIpc) is 2.76. The standard InChI is InChI=1S/C17H21NO3/c1-5-10-21-13-8-9-15-14(11-13)16(17(19)20-7-3)12(4)18(15)6-2/h5,8-9,11H,1,6-7,10H2,2-4H3. The van der Waals surface area contributed by atoms with Crippen LogP contribution in [0.1, 0.15) is 29.9 Å². The Bertz CT molecular complexity index is 670. The molecular formula is C17H21NO3. The highest BCUT2D eigenvalue weighted by Gasteiger charge is 2.20. The fourth-order valence-electron chi connectivity index (χ4n) is 2.57. The van der Waals surface area contributed by atoms with Gasteiger partial charge in [0.05, 0.1) is 12.2 Å². The summed E-state index contributed by atoms with van der Waals surface area (Å²) in [6.07, 6.45) is 1.69. The maximum Gasteiger partial charge on any atom is 0.340 e. The number of carbonyl (C=O) groups is 1. The van der Waals surface area contributed by atoms with Gasteiger partial charge >= 0.3 is 5.97 Å². The van der Waals surface area contributed by atoms with Crippen LogP contribution in [0.4, 0.5) is 0 Å². The molecule has 0 fully saturated rings. The van der Waals surface area contributed by atoms with E-state index in [1.54, 1.807) is 6.08 Å². The Balaban J connectivity index is 2.60. The number of nitrogens with zero attached hydrogens (tertiary/aromatic N) is 1. The Morgan fingerprint density at radius 3 is 2.76 bits per heavy atom. The molecule has 0 aliphatic rings. The van der Waals surface area contributed by atoms with Crippen LogP contribution in [0.3, 0.4) is 0 Å². The van der Waals surface area contributed by atoms with Crippen LogP contribution in [0.2, 0.25) is 0 Å². The molecule has 1 aromatic heterocycles. The molecule has 0 atom stereocenters. The van der Waals surface area contributed by atoms with E-state index in [1.807, 2.05) is 32.0 Å². The second kappa shape index (κ2) is 6.48. The number of fused-ring (bicyclic) bond motifs is 1. The zero-order valence-electron chi connectivity index (χ0n) is 12.8. The van der Waals surface area contributed by atoms with Crippen molar-refractivity contribution in [3.05, 3.63) is 42.1 Å². The van der Waals surface area contributed by atoms with Crippen LogP contribution < -0.4 is 4.74 Å². The lowest BCUT2D eigenvalue weighted by Gasteiger charge is -2.05. The quantitative estimate of drug-likeness (QED) is 0.600. The van der Waals surface area contributed by atoms with Crippen LogP contribution in [0, 0.1) is 6.92 Å². The molecule has 2 aromatic rings. The fraction of sp³-hybridized carbons (Fsp3) is 0.353. The van der Waals surface area contributed by atoms with Crippen LogP contribution in [0.5, 0.6) is 5.75 Å². The molecular weight excluding hydrogens is 266 g/mol. The zero-order valence-corrected chi connectivity index (χ0v) is 12.8. The molecule has 0 bridgehead atoms. The molecule has 0 amide bonds. The van der Waals surface area contributed by atoms with E-state index in [-0.39, 0.29) is 5.97 Å². The normalized spacial score (nSPS) is 10.6. The Morgan fingerprint density at radius 1 is 1.38 bits per heavy atom. The fourth-order valence-corrected chi connectivity index (χ4v) is 2.57. The highest BCUT2D eigenvalue weighted by Crippen LogP contribution is 2.30. The van der Waals surface area contributed by atoms with Crippen LogP contribution in [0.15, 0.2) is 30.9 Å². The first-order chi connectivity index (χ1) is 10.1. The Hall–Kier alpha value is -2.23. The number of hydrogen-bond acceptors (Lipinski definition) is 3. The van der Waals surface area contributed by atoms with Gasteiger partial charge in [0, 0.05) is 23.1 Å². The van der Waals surface area contributed by atoms with Gasteiger partial charge in [-0.1, -0.05) is 12.7 Å². The third-order valence-electron chi connectivity index (χ3n) is 3.46. The number of aromatic nitrogens is 1. The number of aryl methyl sites for hydroxylation is 1. The van der Waals surface area contributed by atoms with Gasteiger partial charge in [0.1, 0.15) is 12.4 Å². The Kier molecular flexibility index (Phi) is 4.68. The number of rotatable bonds is 6. The van der Waals surface area contributed by atoms with E-state index in [0.29, 0.717) is 18.8 Å². The van der Waals surface area contributed by atoms with Crippen molar-refractivity contribution in [2.75, 3.05) is 13.2 Å². The topological polar surface area (TPSA) is 40.5 Å². The maximum absolute atomic E-state index is 12.2. The van der Waals surface area contributed by atoms with Crippen molar-refractivity contribution in [1.29, 1.82) is 0 Å². The molecule has 0 unspecified atom stereocenters. The zero-order chi connectivity index (χ0) is 15.4. The summed E-state index contributed by atoms with van der Waals surface area (Å²) in [5, 5.41) is 0.870. The van der Waals surface area contributed by atoms with Crippen molar-refractivity contribution in [3.63, 3.8) is 0 Å². The van der Waals surface area contributed by atoms with E-state index in [4.69, 9.17) is 9.47 Å². The lowest BCUT2D eigenvalue weighted by molar-refractivity contribution is 0.0527. The Labute approximate surface area is 125 Å². The van der Waals surface area contributed by atoms with Gasteiger partial charge in [0.25, 0.3) is 0 Å². The lowest BCUT2D eigenvalue weighted by atomic mass is 10.1. The van der Waals surface area contributed by atoms with Crippen molar-refractivity contribution in [2.24, 2.45) is 0 Å². The highest BCUT2D eigenvalue weighted by atomic mass is 16.5. The van der Waals surface area contributed by atoms with E-state index < -0.39 is 0 Å². The first kappa shape index (κ1) is 15.2. The van der Waals surface area contributed by atoms with E-state index >= 15 is 0 Å². The second-order valence-electron chi connectivity index (χ2n) is 4.70. The molecule has 1 heterocycles. The summed E-state index contributed by atoms with van der Waals surface area (Å²) in [5.41, 5.74) is 2.56. The summed E-state index contributed by atoms with van der Waals surface area (Å²) < 4.78 is 12.9. The number of hydrogen-bond donors (Lipinski definition) is 0. The van der Waals surface area contributed by atoms with Crippen LogP contribution in [-0.4, -0.2) is 23.8 Å². The number of carbonyl (C=O) groups excluding carboxylic acids is 1. The van der Waals surface area contributed by atoms with Gasteiger partial charge in [-0.05, 0) is 39.0 Å². The second-order valence-corrected chi connectivity index (χ2v) is 4.70. The third kappa shape index (κ3) is 2.79. The number of esters is 1. The van der Waals surface area contributed by atoms with Crippen molar-refractivity contribution >= 4 is 16.9 Å². The lowest BCUT2D eigenvalue weighted by Crippen LogP contribution is -2.07. The maximum atomic E-state index is 12.2. The summed E-state index contributed by atoms with van der Waals surface area (Å²) >= 11 is 0. The minimum atomic E-state index is -0.284. The summed E-state index contributed by atoms with van der Waals surface area (Å²) in [6, 6.07) is 5.78. The first-order valence-electron chi connectivity index (χ1n) is 7.17. The summed E-state index contributed by atoms with van der Waals surface area (Å²) in [6.45, 7) is 11.1. The largest absolute Gasteiger partial charge is 0.490 e. The van der Waals surface area contributed by atoms with E-state index in [1.165, 1.54) is 0 Å². The molecule has 112 valence electrons. The monoisotopic (exact) mass is 287 g/mol. The van der Waals surface area contributed by atoms with Gasteiger partial charge in [0.15, 0.2) is 0 Å².